The number of carbonyl (C=O) groups is 2. The molecule has 2 amide bonds. The minimum absolute atomic E-state index is 0.0136. The van der Waals surface area contributed by atoms with Crippen LogP contribution in [0, 0.1) is 5.92 Å². The molecule has 0 unspecified atom stereocenters. The van der Waals surface area contributed by atoms with Gasteiger partial charge in [-0.3, -0.25) is 9.59 Å². The van der Waals surface area contributed by atoms with Crippen LogP contribution in [-0.4, -0.2) is 48.4 Å². The minimum Gasteiger partial charge on any atom is -0.497 e. The van der Waals surface area contributed by atoms with Gasteiger partial charge in [-0.15, -0.1) is 11.3 Å². The second kappa shape index (κ2) is 9.54. The number of anilines is 1. The summed E-state index contributed by atoms with van der Waals surface area (Å²) in [5.41, 5.74) is 7.21. The maximum atomic E-state index is 12.6. The van der Waals surface area contributed by atoms with E-state index in [0.717, 1.165) is 18.5 Å². The quantitative estimate of drug-likeness (QED) is 0.693. The third-order valence-corrected chi connectivity index (χ3v) is 5.67. The molecule has 28 heavy (non-hydrogen) atoms. The molecule has 2 heterocycles. The number of methoxy groups -OCH3 is 1. The Balaban J connectivity index is 1.40. The van der Waals surface area contributed by atoms with Crippen LogP contribution in [0.3, 0.4) is 0 Å². The number of nitrogens with two attached hydrogens (primary N) is 1. The number of aromatic nitrogens is 1. The number of piperidine rings is 1. The first-order chi connectivity index (χ1) is 13.6. The van der Waals surface area contributed by atoms with E-state index in [1.807, 2.05) is 22.4 Å². The first kappa shape index (κ1) is 20.1. The van der Waals surface area contributed by atoms with E-state index in [-0.39, 0.29) is 17.7 Å². The van der Waals surface area contributed by atoms with Gasteiger partial charge >= 0.3 is 0 Å². The van der Waals surface area contributed by atoms with Gasteiger partial charge < -0.3 is 20.7 Å². The number of hydrogen-bond acceptors (Lipinski definition) is 6. The van der Waals surface area contributed by atoms with Gasteiger partial charge in [0.15, 0.2) is 5.13 Å². The molecule has 0 aliphatic carbocycles. The van der Waals surface area contributed by atoms with Gasteiger partial charge in [-0.2, -0.15) is 0 Å². The lowest BCUT2D eigenvalue weighted by Gasteiger charge is -2.31. The van der Waals surface area contributed by atoms with E-state index in [1.165, 1.54) is 11.3 Å². The Bertz CT molecular complexity index is 815. The monoisotopic (exact) mass is 402 g/mol. The fourth-order valence-corrected chi connectivity index (χ4v) is 3.94. The number of nitrogen functional groups attached to an aromatic ring is 1. The highest BCUT2D eigenvalue weighted by atomic mass is 32.1. The van der Waals surface area contributed by atoms with Crippen LogP contribution < -0.4 is 15.8 Å². The molecular formula is C20H26N4O3S. The smallest absolute Gasteiger partial charge is 0.253 e. The van der Waals surface area contributed by atoms with Gasteiger partial charge in [0.25, 0.3) is 5.91 Å². The molecule has 0 bridgehead atoms. The maximum Gasteiger partial charge on any atom is 0.253 e. The highest BCUT2D eigenvalue weighted by Gasteiger charge is 2.27. The molecule has 7 nitrogen and oxygen atoms in total. The zero-order valence-electron chi connectivity index (χ0n) is 16.0. The molecule has 3 rings (SSSR count). The number of aryl methyl sites for hydroxylation is 1. The van der Waals surface area contributed by atoms with Gasteiger partial charge in [-0.25, -0.2) is 4.98 Å². The molecule has 0 radical (unpaired) electrons. The average Bonchev–Trinajstić information content (AvgIpc) is 3.15. The number of nitrogens with zero attached hydrogens (tertiary/aromatic N) is 2. The largest absolute Gasteiger partial charge is 0.497 e. The lowest BCUT2D eigenvalue weighted by molar-refractivity contribution is -0.126. The molecule has 0 atom stereocenters. The molecule has 1 aliphatic rings. The highest BCUT2D eigenvalue weighted by molar-refractivity contribution is 7.13. The number of ether oxygens (including phenoxy) is 1. The Morgan fingerprint density at radius 1 is 1.36 bits per heavy atom. The van der Waals surface area contributed by atoms with Crippen molar-refractivity contribution in [3.8, 4) is 5.75 Å². The molecule has 150 valence electrons. The molecular weight excluding hydrogens is 376 g/mol. The molecule has 2 aromatic rings. The number of carbonyl (C=O) groups excluding carboxylic acids is 2. The molecule has 0 spiro atoms. The fourth-order valence-electron chi connectivity index (χ4n) is 3.35. The summed E-state index contributed by atoms with van der Waals surface area (Å²) in [4.78, 5) is 31.1. The normalized spacial score (nSPS) is 14.7. The van der Waals surface area contributed by atoms with Gasteiger partial charge in [0.2, 0.25) is 5.91 Å². The van der Waals surface area contributed by atoms with Gasteiger partial charge in [-0.1, -0.05) is 6.07 Å². The topological polar surface area (TPSA) is 97.5 Å². The molecule has 3 N–H and O–H groups in total. The number of rotatable bonds is 7. The third-order valence-electron chi connectivity index (χ3n) is 4.95. The second-order valence-electron chi connectivity index (χ2n) is 6.87. The standard InChI is InChI=1S/C20H26N4O3S/c1-27-17-6-2-4-15(12-17)19(26)24-10-7-14(8-11-24)18(25)22-9-3-5-16-13-28-20(21)23-16/h2,4,6,12-14H,3,5,7-11H2,1H3,(H2,21,23)(H,22,25). The zero-order valence-corrected chi connectivity index (χ0v) is 16.8. The van der Waals surface area contributed by atoms with Crippen molar-refractivity contribution in [1.82, 2.24) is 15.2 Å². The second-order valence-corrected chi connectivity index (χ2v) is 7.76. The first-order valence-electron chi connectivity index (χ1n) is 9.47. The number of likely N-dealkylation sites (tertiary alicyclic amines) is 1. The summed E-state index contributed by atoms with van der Waals surface area (Å²) in [6.07, 6.45) is 3.01. The summed E-state index contributed by atoms with van der Waals surface area (Å²) in [5.74, 6) is 0.691. The number of nitrogens with one attached hydrogen (secondary N) is 1. The average molecular weight is 403 g/mol. The Morgan fingerprint density at radius 2 is 2.14 bits per heavy atom. The predicted octanol–water partition coefficient (Wildman–Crippen LogP) is 2.34. The molecule has 1 aromatic carbocycles. The molecule has 1 saturated heterocycles. The van der Waals surface area contributed by atoms with E-state index >= 15 is 0 Å². The van der Waals surface area contributed by atoms with E-state index < -0.39 is 0 Å². The van der Waals surface area contributed by atoms with Gasteiger partial charge in [0, 0.05) is 36.5 Å². The van der Waals surface area contributed by atoms with Crippen molar-refractivity contribution in [3.63, 3.8) is 0 Å². The van der Waals surface area contributed by atoms with Crippen LogP contribution in [0.15, 0.2) is 29.6 Å². The molecule has 8 heteroatoms. The van der Waals surface area contributed by atoms with Crippen molar-refractivity contribution in [3.05, 3.63) is 40.9 Å². The van der Waals surface area contributed by atoms with Gasteiger partial charge in [0.1, 0.15) is 5.75 Å². The summed E-state index contributed by atoms with van der Waals surface area (Å²) in [7, 11) is 1.58. The molecule has 1 fully saturated rings. The van der Waals surface area contributed by atoms with Crippen molar-refractivity contribution in [2.24, 2.45) is 5.92 Å². The van der Waals surface area contributed by atoms with Crippen molar-refractivity contribution < 1.29 is 14.3 Å². The molecule has 1 aliphatic heterocycles. The van der Waals surface area contributed by atoms with E-state index in [1.54, 1.807) is 19.2 Å². The highest BCUT2D eigenvalue weighted by Crippen LogP contribution is 2.21. The fraction of sp³-hybridized carbons (Fsp3) is 0.450. The van der Waals surface area contributed by atoms with E-state index in [2.05, 4.69) is 10.3 Å². The van der Waals surface area contributed by atoms with Crippen molar-refractivity contribution in [2.75, 3.05) is 32.5 Å². The number of benzene rings is 1. The predicted molar refractivity (Wildman–Crippen MR) is 109 cm³/mol. The van der Waals surface area contributed by atoms with Gasteiger partial charge in [0.05, 0.1) is 12.8 Å². The third kappa shape index (κ3) is 5.22. The SMILES string of the molecule is COc1cccc(C(=O)N2CCC(C(=O)NCCCc3csc(N)n3)CC2)c1. The summed E-state index contributed by atoms with van der Waals surface area (Å²) in [6, 6.07) is 7.17. The number of hydrogen-bond donors (Lipinski definition) is 2. The maximum absolute atomic E-state index is 12.6. The first-order valence-corrected chi connectivity index (χ1v) is 10.4. The summed E-state index contributed by atoms with van der Waals surface area (Å²) in [5, 5.41) is 5.53. The summed E-state index contributed by atoms with van der Waals surface area (Å²) in [6.45, 7) is 1.80. The Morgan fingerprint density at radius 3 is 2.82 bits per heavy atom. The van der Waals surface area contributed by atoms with Crippen molar-refractivity contribution in [1.29, 1.82) is 0 Å². The van der Waals surface area contributed by atoms with Crippen LogP contribution in [0.5, 0.6) is 5.75 Å². The van der Waals surface area contributed by atoms with Crippen LogP contribution in [0.4, 0.5) is 5.13 Å². The van der Waals surface area contributed by atoms with Crippen LogP contribution in [0.25, 0.3) is 0 Å². The van der Waals surface area contributed by atoms with Crippen molar-refractivity contribution in [2.45, 2.75) is 25.7 Å². The van der Waals surface area contributed by atoms with Crippen LogP contribution in [-0.2, 0) is 11.2 Å². The van der Waals surface area contributed by atoms with Crippen LogP contribution in [0.2, 0.25) is 0 Å². The Labute approximate surface area is 168 Å². The summed E-state index contributed by atoms with van der Waals surface area (Å²) < 4.78 is 5.18. The van der Waals surface area contributed by atoms with Gasteiger partial charge in [-0.05, 0) is 43.9 Å². The van der Waals surface area contributed by atoms with E-state index in [0.29, 0.717) is 48.9 Å². The number of thiazole rings is 1. The number of amides is 2. The van der Waals surface area contributed by atoms with E-state index in [9.17, 15) is 9.59 Å². The Hall–Kier alpha value is -2.61. The Kier molecular flexibility index (Phi) is 6.86. The van der Waals surface area contributed by atoms with Crippen LogP contribution >= 0.6 is 11.3 Å². The lowest BCUT2D eigenvalue weighted by atomic mass is 9.95. The molecule has 1 aromatic heterocycles. The minimum atomic E-state index is -0.0377. The van der Waals surface area contributed by atoms with Crippen molar-refractivity contribution >= 4 is 28.3 Å². The lowest BCUT2D eigenvalue weighted by Crippen LogP contribution is -2.43. The summed E-state index contributed by atoms with van der Waals surface area (Å²) >= 11 is 1.43. The molecule has 0 saturated carbocycles. The zero-order chi connectivity index (χ0) is 19.9. The van der Waals surface area contributed by atoms with E-state index in [4.69, 9.17) is 10.5 Å². The van der Waals surface area contributed by atoms with Crippen LogP contribution in [0.1, 0.15) is 35.3 Å².